The molecule has 0 aromatic heterocycles. The first-order chi connectivity index (χ1) is 4.06. The van der Waals surface area contributed by atoms with Gasteiger partial charge < -0.3 is 4.43 Å². The van der Waals surface area contributed by atoms with Gasteiger partial charge in [-0.3, -0.25) is 0 Å². The van der Waals surface area contributed by atoms with Crippen molar-refractivity contribution in [1.29, 1.82) is 0 Å². The fourth-order valence-electron chi connectivity index (χ4n) is 0.258. The molecule has 0 amide bonds. The van der Waals surface area contributed by atoms with Gasteiger partial charge in [-0.05, 0) is 0 Å². The second-order valence-corrected chi connectivity index (χ2v) is 5.25. The minimum absolute atomic E-state index is 0.163. The van der Waals surface area contributed by atoms with Crippen LogP contribution in [-0.2, 0) is 4.43 Å². The predicted molar refractivity (Wildman–Crippen MR) is 45.0 cm³/mol. The summed E-state index contributed by atoms with van der Waals surface area (Å²) >= 11 is 16.1. The molecule has 0 saturated carbocycles. The Labute approximate surface area is 71.9 Å². The highest BCUT2D eigenvalue weighted by atomic mass is 35.6. The van der Waals surface area contributed by atoms with Crippen molar-refractivity contribution in [3.8, 4) is 0 Å². The molecule has 0 aromatic carbocycles. The Bertz CT molecular complexity index is 90.3. The van der Waals surface area contributed by atoms with Crippen molar-refractivity contribution in [1.82, 2.24) is 0 Å². The molecule has 0 saturated heterocycles. The maximum Gasteiger partial charge on any atom is 0.212 e. The Kier molecular flexibility index (Phi) is 4.98. The van der Waals surface area contributed by atoms with E-state index in [-0.39, 0.29) is 6.61 Å². The van der Waals surface area contributed by atoms with Gasteiger partial charge in [-0.1, -0.05) is 40.5 Å². The molecule has 0 heterocycles. The fraction of sp³-hybridized carbons (Fsp3) is 0.500. The van der Waals surface area contributed by atoms with Gasteiger partial charge in [0.2, 0.25) is 3.79 Å². The first-order valence-electron chi connectivity index (χ1n) is 2.31. The quantitative estimate of drug-likeness (QED) is 0.386. The lowest BCUT2D eigenvalue weighted by atomic mass is 10.9. The van der Waals surface area contributed by atoms with Crippen LogP contribution in [0, 0.1) is 0 Å². The van der Waals surface area contributed by atoms with Crippen LogP contribution >= 0.6 is 34.8 Å². The van der Waals surface area contributed by atoms with Crippen LogP contribution in [0.1, 0.15) is 0 Å². The summed E-state index contributed by atoms with van der Waals surface area (Å²) in [7, 11) is -0.648. The van der Waals surface area contributed by atoms with Crippen LogP contribution in [0.5, 0.6) is 0 Å². The molecule has 0 rings (SSSR count). The van der Waals surface area contributed by atoms with Crippen LogP contribution in [0.15, 0.2) is 12.3 Å². The molecule has 9 heavy (non-hydrogen) atoms. The Morgan fingerprint density at radius 2 is 2.11 bits per heavy atom. The monoisotopic (exact) mass is 204 g/mol. The van der Waals surface area contributed by atoms with E-state index >= 15 is 0 Å². The van der Waals surface area contributed by atoms with Gasteiger partial charge in [-0.25, -0.2) is 0 Å². The maximum atomic E-state index is 5.36. The molecule has 0 atom stereocenters. The van der Waals surface area contributed by atoms with Gasteiger partial charge >= 0.3 is 0 Å². The van der Waals surface area contributed by atoms with Gasteiger partial charge in [0, 0.05) is 0 Å². The third-order valence-electron chi connectivity index (χ3n) is 0.501. The summed E-state index contributed by atoms with van der Waals surface area (Å²) in [5.74, 6) is 0. The third kappa shape index (κ3) is 8.79. The van der Waals surface area contributed by atoms with Gasteiger partial charge in [-0.2, -0.15) is 0 Å². The lowest BCUT2D eigenvalue weighted by Gasteiger charge is -2.09. The molecule has 0 aliphatic carbocycles. The molecule has 1 nitrogen and oxygen atoms in total. The summed E-state index contributed by atoms with van der Waals surface area (Å²) < 4.78 is 3.70. The van der Waals surface area contributed by atoms with E-state index in [1.807, 2.05) is 0 Å². The lowest BCUT2D eigenvalue weighted by molar-refractivity contribution is 0.350. The molecule has 0 aliphatic heterocycles. The van der Waals surface area contributed by atoms with Crippen LogP contribution in [-0.4, -0.2) is 20.2 Å². The smallest absolute Gasteiger partial charge is 0.212 e. The Hall–Kier alpha value is 0.787. The zero-order valence-electron chi connectivity index (χ0n) is 4.74. The summed E-state index contributed by atoms with van der Waals surface area (Å²) in [4.78, 5) is 0. The lowest BCUT2D eigenvalue weighted by Crippen LogP contribution is -2.13. The zero-order chi connectivity index (χ0) is 7.33. The van der Waals surface area contributed by atoms with Crippen LogP contribution in [0.3, 0.4) is 0 Å². The molecular weight excluding hydrogens is 198 g/mol. The predicted octanol–water partition coefficient (Wildman–Crippen LogP) is 1.60. The summed E-state index contributed by atoms with van der Waals surface area (Å²) in [6.45, 7) is 3.65. The molecule has 5 heteroatoms. The largest absolute Gasteiger partial charge is 0.415 e. The fourth-order valence-corrected chi connectivity index (χ4v) is 1.47. The van der Waals surface area contributed by atoms with Crippen molar-refractivity contribution in [3.63, 3.8) is 0 Å². The van der Waals surface area contributed by atoms with Crippen LogP contribution in [0.4, 0.5) is 0 Å². The number of alkyl halides is 3. The van der Waals surface area contributed by atoms with Crippen molar-refractivity contribution in [2.45, 2.75) is 3.79 Å². The van der Waals surface area contributed by atoms with Crippen LogP contribution < -0.4 is 0 Å². The normalized spacial score (nSPS) is 12.8. The average molecular weight is 206 g/mol. The van der Waals surface area contributed by atoms with Crippen LogP contribution in [0.25, 0.3) is 0 Å². The van der Waals surface area contributed by atoms with Gasteiger partial charge in [-0.15, -0.1) is 6.58 Å². The van der Waals surface area contributed by atoms with E-state index in [4.69, 9.17) is 39.2 Å². The number of hydrogen-bond acceptors (Lipinski definition) is 1. The molecular formula is C4H7Cl3OSi. The molecule has 0 fully saturated rings. The standard InChI is InChI=1S/C4H7Cl3OSi/c1-2-9-8-3-4(5,6)7/h2H,1,3,9H2. The van der Waals surface area contributed by atoms with E-state index in [2.05, 4.69) is 6.58 Å². The Balaban J connectivity index is 3.17. The zero-order valence-corrected chi connectivity index (χ0v) is 8.42. The van der Waals surface area contributed by atoms with Gasteiger partial charge in [0.05, 0.1) is 6.61 Å². The first kappa shape index (κ1) is 9.79. The Morgan fingerprint density at radius 3 is 2.44 bits per heavy atom. The average Bonchev–Trinajstić information content (AvgIpc) is 1.63. The van der Waals surface area contributed by atoms with Gasteiger partial charge in [0.25, 0.3) is 0 Å². The molecule has 0 unspecified atom stereocenters. The molecule has 0 aromatic rings. The minimum atomic E-state index is -1.27. The van der Waals surface area contributed by atoms with Gasteiger partial charge in [0.15, 0.2) is 9.76 Å². The van der Waals surface area contributed by atoms with Crippen LogP contribution in [0.2, 0.25) is 0 Å². The molecule has 0 bridgehead atoms. The van der Waals surface area contributed by atoms with E-state index in [9.17, 15) is 0 Å². The van der Waals surface area contributed by atoms with E-state index < -0.39 is 13.6 Å². The van der Waals surface area contributed by atoms with E-state index in [1.165, 1.54) is 0 Å². The molecule has 0 radical (unpaired) electrons. The number of rotatable bonds is 3. The van der Waals surface area contributed by atoms with Crippen molar-refractivity contribution >= 4 is 44.6 Å². The number of halogens is 3. The highest BCUT2D eigenvalue weighted by Gasteiger charge is 2.18. The number of hydrogen-bond donors (Lipinski definition) is 0. The van der Waals surface area contributed by atoms with Crippen molar-refractivity contribution in [3.05, 3.63) is 12.3 Å². The SMILES string of the molecule is C=C[SiH2]OCC(Cl)(Cl)Cl. The molecule has 54 valence electrons. The topological polar surface area (TPSA) is 9.23 Å². The summed E-state index contributed by atoms with van der Waals surface area (Å²) in [5.41, 5.74) is 1.73. The first-order valence-corrected chi connectivity index (χ1v) is 4.84. The highest BCUT2D eigenvalue weighted by Crippen LogP contribution is 2.25. The second-order valence-electron chi connectivity index (χ2n) is 1.42. The highest BCUT2D eigenvalue weighted by molar-refractivity contribution is 6.67. The van der Waals surface area contributed by atoms with Gasteiger partial charge in [0.1, 0.15) is 0 Å². The molecule has 0 aliphatic rings. The maximum absolute atomic E-state index is 5.36. The van der Waals surface area contributed by atoms with E-state index in [0.717, 1.165) is 0 Å². The van der Waals surface area contributed by atoms with Crippen molar-refractivity contribution in [2.24, 2.45) is 0 Å². The molecule has 0 spiro atoms. The summed E-state index contributed by atoms with van der Waals surface area (Å²) in [6.07, 6.45) is 0. The van der Waals surface area contributed by atoms with E-state index in [1.54, 1.807) is 5.70 Å². The summed E-state index contributed by atoms with van der Waals surface area (Å²) in [6, 6.07) is 0. The second kappa shape index (κ2) is 4.58. The van der Waals surface area contributed by atoms with Crippen molar-refractivity contribution in [2.75, 3.05) is 6.61 Å². The minimum Gasteiger partial charge on any atom is -0.415 e. The van der Waals surface area contributed by atoms with E-state index in [0.29, 0.717) is 0 Å². The summed E-state index contributed by atoms with van der Waals surface area (Å²) in [5, 5.41) is 0. The third-order valence-corrected chi connectivity index (χ3v) is 1.50. The Morgan fingerprint density at radius 1 is 1.56 bits per heavy atom. The molecule has 0 N–H and O–H groups in total. The van der Waals surface area contributed by atoms with Crippen molar-refractivity contribution < 1.29 is 4.43 Å².